The molecule has 0 atom stereocenters. The number of rotatable bonds is 8. The lowest BCUT2D eigenvalue weighted by atomic mass is 10.1. The smallest absolute Gasteiger partial charge is 0.231 e. The van der Waals surface area contributed by atoms with Crippen LogP contribution in [0.3, 0.4) is 0 Å². The van der Waals surface area contributed by atoms with Crippen LogP contribution in [0.15, 0.2) is 23.2 Å². The Hall–Kier alpha value is -1.18. The maximum atomic E-state index is 5.84. The average Bonchev–Trinajstić information content (AvgIpc) is 2.94. The van der Waals surface area contributed by atoms with Gasteiger partial charge in [-0.1, -0.05) is 32.3 Å². The van der Waals surface area contributed by atoms with E-state index in [4.69, 9.17) is 15.2 Å². The average molecular weight is 419 g/mol. The van der Waals surface area contributed by atoms with Crippen LogP contribution in [0, 0.1) is 0 Å². The van der Waals surface area contributed by atoms with Crippen LogP contribution in [-0.4, -0.2) is 25.8 Å². The molecule has 0 aromatic heterocycles. The maximum absolute atomic E-state index is 5.84. The normalized spacial score (nSPS) is 12.9. The molecule has 1 aliphatic heterocycles. The van der Waals surface area contributed by atoms with Gasteiger partial charge in [0.25, 0.3) is 0 Å². The first-order valence-corrected chi connectivity index (χ1v) is 7.72. The second-order valence-corrected chi connectivity index (χ2v) is 5.19. The van der Waals surface area contributed by atoms with E-state index in [-0.39, 0.29) is 24.0 Å². The van der Waals surface area contributed by atoms with Crippen LogP contribution >= 0.6 is 24.0 Å². The molecule has 1 aromatic carbocycles. The summed E-state index contributed by atoms with van der Waals surface area (Å²) in [5.74, 6) is 2.18. The van der Waals surface area contributed by atoms with Gasteiger partial charge in [-0.15, -0.1) is 24.0 Å². The number of nitrogens with two attached hydrogens (primary N) is 1. The van der Waals surface area contributed by atoms with Crippen molar-refractivity contribution in [1.82, 2.24) is 5.32 Å². The summed E-state index contributed by atoms with van der Waals surface area (Å²) in [7, 11) is 0. The SMILES string of the molecule is CCCCCCN=C(N)NCCc1ccc2c(c1)OCO2.I. The van der Waals surface area contributed by atoms with Crippen LogP contribution in [0.4, 0.5) is 0 Å². The Balaban J connectivity index is 0.00000242. The zero-order valence-corrected chi connectivity index (χ0v) is 15.5. The molecule has 124 valence electrons. The van der Waals surface area contributed by atoms with E-state index in [2.05, 4.69) is 17.2 Å². The molecule has 0 saturated carbocycles. The van der Waals surface area contributed by atoms with Crippen molar-refractivity contribution < 1.29 is 9.47 Å². The van der Waals surface area contributed by atoms with E-state index in [0.717, 1.165) is 37.4 Å². The number of hydrogen-bond donors (Lipinski definition) is 2. The van der Waals surface area contributed by atoms with E-state index in [0.29, 0.717) is 12.8 Å². The number of ether oxygens (including phenoxy) is 2. The van der Waals surface area contributed by atoms with Crippen LogP contribution < -0.4 is 20.5 Å². The van der Waals surface area contributed by atoms with Gasteiger partial charge in [0.1, 0.15) is 0 Å². The molecular weight excluding hydrogens is 393 g/mol. The Morgan fingerprint density at radius 2 is 2.05 bits per heavy atom. The Labute approximate surface area is 149 Å². The predicted octanol–water partition coefficient (Wildman–Crippen LogP) is 3.06. The molecular formula is C16H26IN3O2. The number of halogens is 1. The third kappa shape index (κ3) is 6.29. The van der Waals surface area contributed by atoms with Gasteiger partial charge in [-0.2, -0.15) is 0 Å². The van der Waals surface area contributed by atoms with Gasteiger partial charge in [-0.25, -0.2) is 0 Å². The van der Waals surface area contributed by atoms with Crippen LogP contribution in [0.2, 0.25) is 0 Å². The highest BCUT2D eigenvalue weighted by atomic mass is 127. The molecule has 0 fully saturated rings. The van der Waals surface area contributed by atoms with Crippen LogP contribution in [0.25, 0.3) is 0 Å². The van der Waals surface area contributed by atoms with E-state index >= 15 is 0 Å². The molecule has 1 heterocycles. The Morgan fingerprint density at radius 3 is 2.86 bits per heavy atom. The fraction of sp³-hybridized carbons (Fsp3) is 0.562. The van der Waals surface area contributed by atoms with Crippen molar-refractivity contribution in [1.29, 1.82) is 0 Å². The summed E-state index contributed by atoms with van der Waals surface area (Å²) < 4.78 is 10.7. The Morgan fingerprint density at radius 1 is 1.23 bits per heavy atom. The van der Waals surface area contributed by atoms with Crippen molar-refractivity contribution in [2.45, 2.75) is 39.0 Å². The van der Waals surface area contributed by atoms with Crippen LogP contribution in [0.1, 0.15) is 38.2 Å². The molecule has 0 radical (unpaired) electrons. The van der Waals surface area contributed by atoms with Gasteiger partial charge in [-0.05, 0) is 30.5 Å². The summed E-state index contributed by atoms with van der Waals surface area (Å²) in [4.78, 5) is 4.32. The molecule has 3 N–H and O–H groups in total. The minimum absolute atomic E-state index is 0. The highest BCUT2D eigenvalue weighted by Gasteiger charge is 2.12. The zero-order valence-electron chi connectivity index (χ0n) is 13.1. The van der Waals surface area contributed by atoms with Crippen molar-refractivity contribution in [3.8, 4) is 11.5 Å². The summed E-state index contributed by atoms with van der Waals surface area (Å²) in [6, 6.07) is 6.01. The second kappa shape index (κ2) is 10.5. The van der Waals surface area contributed by atoms with Gasteiger partial charge in [0.05, 0.1) is 0 Å². The number of fused-ring (bicyclic) bond motifs is 1. The van der Waals surface area contributed by atoms with Gasteiger partial charge < -0.3 is 20.5 Å². The molecule has 0 spiro atoms. The first kappa shape index (κ1) is 18.9. The predicted molar refractivity (Wildman–Crippen MR) is 100 cm³/mol. The highest BCUT2D eigenvalue weighted by molar-refractivity contribution is 14.0. The van der Waals surface area contributed by atoms with Crippen molar-refractivity contribution in [3.63, 3.8) is 0 Å². The van der Waals surface area contributed by atoms with Gasteiger partial charge in [-0.3, -0.25) is 4.99 Å². The first-order valence-electron chi connectivity index (χ1n) is 7.72. The molecule has 1 aliphatic rings. The number of nitrogens with one attached hydrogen (secondary N) is 1. The van der Waals surface area contributed by atoms with Crippen molar-refractivity contribution in [3.05, 3.63) is 23.8 Å². The molecule has 0 aliphatic carbocycles. The summed E-state index contributed by atoms with van der Waals surface area (Å²) >= 11 is 0. The quantitative estimate of drug-likeness (QED) is 0.294. The largest absolute Gasteiger partial charge is 0.454 e. The van der Waals surface area contributed by atoms with Crippen LogP contribution in [0.5, 0.6) is 11.5 Å². The summed E-state index contributed by atoms with van der Waals surface area (Å²) in [5.41, 5.74) is 7.03. The number of aliphatic imine (C=N–C) groups is 1. The number of benzene rings is 1. The van der Waals surface area contributed by atoms with E-state index in [1.54, 1.807) is 0 Å². The third-order valence-electron chi connectivity index (χ3n) is 3.45. The fourth-order valence-electron chi connectivity index (χ4n) is 2.23. The molecule has 2 rings (SSSR count). The minimum atomic E-state index is 0. The van der Waals surface area contributed by atoms with E-state index in [1.807, 2.05) is 18.2 Å². The fourth-order valence-corrected chi connectivity index (χ4v) is 2.23. The highest BCUT2D eigenvalue weighted by Crippen LogP contribution is 2.32. The standard InChI is InChI=1S/C16H25N3O2.HI/c1-2-3-4-5-9-18-16(17)19-10-8-13-6-7-14-15(11-13)21-12-20-14;/h6-7,11H,2-5,8-10,12H2,1H3,(H3,17,18,19);1H. The number of guanidine groups is 1. The lowest BCUT2D eigenvalue weighted by Gasteiger charge is -2.06. The van der Waals surface area contributed by atoms with E-state index in [1.165, 1.54) is 24.8 Å². The van der Waals surface area contributed by atoms with Gasteiger partial charge in [0.2, 0.25) is 6.79 Å². The molecule has 5 nitrogen and oxygen atoms in total. The summed E-state index contributed by atoms with van der Waals surface area (Å²) in [5, 5.41) is 3.15. The van der Waals surface area contributed by atoms with Crippen molar-refractivity contribution in [2.24, 2.45) is 10.7 Å². The molecule has 1 aromatic rings. The summed E-state index contributed by atoms with van der Waals surface area (Å²) in [6.45, 7) is 4.09. The van der Waals surface area contributed by atoms with E-state index < -0.39 is 0 Å². The molecule has 6 heteroatoms. The molecule has 0 bridgehead atoms. The number of nitrogens with zero attached hydrogens (tertiary/aromatic N) is 1. The monoisotopic (exact) mass is 419 g/mol. The van der Waals surface area contributed by atoms with Crippen molar-refractivity contribution >= 4 is 29.9 Å². The summed E-state index contributed by atoms with van der Waals surface area (Å²) in [6.07, 6.45) is 5.73. The Bertz CT molecular complexity index is 480. The number of hydrogen-bond acceptors (Lipinski definition) is 3. The lowest BCUT2D eigenvalue weighted by molar-refractivity contribution is 0.174. The Kier molecular flexibility index (Phi) is 9.03. The van der Waals surface area contributed by atoms with Gasteiger partial charge in [0.15, 0.2) is 17.5 Å². The van der Waals surface area contributed by atoms with Gasteiger partial charge >= 0.3 is 0 Å². The molecule has 0 amide bonds. The molecule has 0 saturated heterocycles. The molecule has 0 unspecified atom stereocenters. The van der Waals surface area contributed by atoms with E-state index in [9.17, 15) is 0 Å². The maximum Gasteiger partial charge on any atom is 0.231 e. The minimum Gasteiger partial charge on any atom is -0.454 e. The topological polar surface area (TPSA) is 68.9 Å². The van der Waals surface area contributed by atoms with Crippen molar-refractivity contribution in [2.75, 3.05) is 19.9 Å². The second-order valence-electron chi connectivity index (χ2n) is 5.19. The van der Waals surface area contributed by atoms with Gasteiger partial charge in [0, 0.05) is 13.1 Å². The number of unbranched alkanes of at least 4 members (excludes halogenated alkanes) is 3. The zero-order chi connectivity index (χ0) is 14.9. The van der Waals surface area contributed by atoms with Crippen LogP contribution in [-0.2, 0) is 6.42 Å². The molecule has 22 heavy (non-hydrogen) atoms. The third-order valence-corrected chi connectivity index (χ3v) is 3.45. The lowest BCUT2D eigenvalue weighted by Crippen LogP contribution is -2.33. The first-order chi connectivity index (χ1) is 10.3.